The summed E-state index contributed by atoms with van der Waals surface area (Å²) in [6.45, 7) is 1.83. The van der Waals surface area contributed by atoms with Crippen LogP contribution in [0.25, 0.3) is 0 Å². The summed E-state index contributed by atoms with van der Waals surface area (Å²) in [7, 11) is -3.75. The molecule has 1 heterocycles. The molecule has 0 fully saturated rings. The summed E-state index contributed by atoms with van der Waals surface area (Å²) in [6.07, 6.45) is 1.24. The molecule has 0 unspecified atom stereocenters. The van der Waals surface area contributed by atoms with E-state index in [1.54, 1.807) is 29.6 Å². The van der Waals surface area contributed by atoms with Gasteiger partial charge in [0.1, 0.15) is 5.75 Å². The summed E-state index contributed by atoms with van der Waals surface area (Å²) in [6, 6.07) is 12.6. The van der Waals surface area contributed by atoms with E-state index in [1.165, 1.54) is 41.8 Å². The largest absolute Gasteiger partial charge is 0.481 e. The maximum atomic E-state index is 12.5. The number of hydrogen-bond acceptors (Lipinski definition) is 6. The predicted molar refractivity (Wildman–Crippen MR) is 114 cm³/mol. The number of ether oxygens (including phenoxy) is 1. The average Bonchev–Trinajstić information content (AvgIpc) is 3.19. The fourth-order valence-electron chi connectivity index (χ4n) is 2.41. The van der Waals surface area contributed by atoms with Gasteiger partial charge in [0.2, 0.25) is 0 Å². The quantitative estimate of drug-likeness (QED) is 0.529. The maximum Gasteiger partial charge on any atom is 0.265 e. The lowest BCUT2D eigenvalue weighted by Gasteiger charge is -2.17. The number of rotatable bonds is 8. The van der Waals surface area contributed by atoms with Gasteiger partial charge < -0.3 is 10.1 Å². The molecular formula is C19H18ClN3O4S2. The standard InChI is InChI=1S/C19H18ClN3O4S2/c1-2-17(27-15-5-3-4-13(20)12-15)18(24)22-14-6-8-16(9-7-14)29(25,26)23-19-21-10-11-28-19/h3-12,17H,2H2,1H3,(H,21,23)(H,22,24)/t17-/m0/s1. The molecule has 1 atom stereocenters. The van der Waals surface area contributed by atoms with Gasteiger partial charge in [0.25, 0.3) is 15.9 Å². The Kier molecular flexibility index (Phi) is 6.73. The van der Waals surface area contributed by atoms with Gasteiger partial charge in [-0.2, -0.15) is 0 Å². The van der Waals surface area contributed by atoms with Crippen LogP contribution in [0.15, 0.2) is 65.0 Å². The van der Waals surface area contributed by atoms with Crippen molar-refractivity contribution in [2.45, 2.75) is 24.3 Å². The van der Waals surface area contributed by atoms with E-state index in [2.05, 4.69) is 15.0 Å². The van der Waals surface area contributed by atoms with Crippen molar-refractivity contribution in [2.24, 2.45) is 0 Å². The van der Waals surface area contributed by atoms with Crippen molar-refractivity contribution in [1.29, 1.82) is 0 Å². The van der Waals surface area contributed by atoms with Gasteiger partial charge >= 0.3 is 0 Å². The molecule has 3 aromatic rings. The zero-order valence-electron chi connectivity index (χ0n) is 15.3. The van der Waals surface area contributed by atoms with Crippen molar-refractivity contribution in [3.63, 3.8) is 0 Å². The van der Waals surface area contributed by atoms with Gasteiger partial charge in [0, 0.05) is 22.3 Å². The van der Waals surface area contributed by atoms with Crippen LogP contribution in [-0.2, 0) is 14.8 Å². The van der Waals surface area contributed by atoms with Crippen LogP contribution in [-0.4, -0.2) is 25.4 Å². The number of benzene rings is 2. The van der Waals surface area contributed by atoms with Gasteiger partial charge in [-0.05, 0) is 48.9 Å². The number of carbonyl (C=O) groups excluding carboxylic acids is 1. The molecule has 0 radical (unpaired) electrons. The van der Waals surface area contributed by atoms with Crippen LogP contribution in [0.3, 0.4) is 0 Å². The third-order valence-corrected chi connectivity index (χ3v) is 6.23. The van der Waals surface area contributed by atoms with Crippen LogP contribution in [0.4, 0.5) is 10.8 Å². The SMILES string of the molecule is CC[C@H](Oc1cccc(Cl)c1)C(=O)Nc1ccc(S(=O)(=O)Nc2nccs2)cc1. The Labute approximate surface area is 177 Å². The molecule has 7 nitrogen and oxygen atoms in total. The molecule has 3 rings (SSSR count). The van der Waals surface area contributed by atoms with Crippen molar-refractivity contribution in [2.75, 3.05) is 10.0 Å². The highest BCUT2D eigenvalue weighted by Crippen LogP contribution is 2.21. The number of nitrogens with zero attached hydrogens (tertiary/aromatic N) is 1. The molecule has 10 heteroatoms. The number of amides is 1. The summed E-state index contributed by atoms with van der Waals surface area (Å²) >= 11 is 7.12. The zero-order valence-corrected chi connectivity index (χ0v) is 17.7. The first-order valence-electron chi connectivity index (χ1n) is 8.63. The number of aromatic nitrogens is 1. The minimum atomic E-state index is -3.75. The van der Waals surface area contributed by atoms with E-state index >= 15 is 0 Å². The second kappa shape index (κ2) is 9.25. The lowest BCUT2D eigenvalue weighted by molar-refractivity contribution is -0.122. The average molecular weight is 452 g/mol. The summed E-state index contributed by atoms with van der Waals surface area (Å²) in [5.41, 5.74) is 0.455. The Balaban J connectivity index is 1.65. The third-order valence-electron chi connectivity index (χ3n) is 3.82. The topological polar surface area (TPSA) is 97.4 Å². The monoisotopic (exact) mass is 451 g/mol. The van der Waals surface area contributed by atoms with Crippen LogP contribution >= 0.6 is 22.9 Å². The highest BCUT2D eigenvalue weighted by molar-refractivity contribution is 7.93. The molecule has 0 bridgehead atoms. The summed E-state index contributed by atoms with van der Waals surface area (Å²) in [4.78, 5) is 16.5. The minimum Gasteiger partial charge on any atom is -0.481 e. The van der Waals surface area contributed by atoms with E-state index in [1.807, 2.05) is 6.92 Å². The first kappa shape index (κ1) is 21.1. The molecule has 1 aromatic heterocycles. The van der Waals surface area contributed by atoms with E-state index < -0.39 is 16.1 Å². The smallest absolute Gasteiger partial charge is 0.265 e. The molecule has 152 valence electrons. The number of nitrogens with one attached hydrogen (secondary N) is 2. The zero-order chi connectivity index (χ0) is 20.9. The van der Waals surface area contributed by atoms with Crippen LogP contribution in [0, 0.1) is 0 Å². The van der Waals surface area contributed by atoms with Gasteiger partial charge in [-0.3, -0.25) is 9.52 Å². The summed E-state index contributed by atoms with van der Waals surface area (Å²) < 4.78 is 32.8. The minimum absolute atomic E-state index is 0.0629. The van der Waals surface area contributed by atoms with Gasteiger partial charge in [-0.15, -0.1) is 11.3 Å². The van der Waals surface area contributed by atoms with E-state index in [0.29, 0.717) is 22.9 Å². The second-order valence-corrected chi connectivity index (χ2v) is 8.94. The highest BCUT2D eigenvalue weighted by atomic mass is 35.5. The molecule has 0 aliphatic rings. The van der Waals surface area contributed by atoms with E-state index in [4.69, 9.17) is 16.3 Å². The van der Waals surface area contributed by atoms with E-state index in [0.717, 1.165) is 0 Å². The lowest BCUT2D eigenvalue weighted by atomic mass is 10.2. The van der Waals surface area contributed by atoms with Gasteiger partial charge in [-0.25, -0.2) is 13.4 Å². The predicted octanol–water partition coefficient (Wildman–Crippen LogP) is 4.39. The third kappa shape index (κ3) is 5.69. The van der Waals surface area contributed by atoms with Crippen LogP contribution in [0.2, 0.25) is 5.02 Å². The van der Waals surface area contributed by atoms with Crippen LogP contribution in [0.1, 0.15) is 13.3 Å². The van der Waals surface area contributed by atoms with Crippen LogP contribution < -0.4 is 14.8 Å². The van der Waals surface area contributed by atoms with Crippen molar-refractivity contribution in [3.05, 3.63) is 65.1 Å². The molecule has 2 N–H and O–H groups in total. The van der Waals surface area contributed by atoms with Gasteiger partial charge in [0.15, 0.2) is 11.2 Å². The number of hydrogen-bond donors (Lipinski definition) is 2. The lowest BCUT2D eigenvalue weighted by Crippen LogP contribution is -2.32. The van der Waals surface area contributed by atoms with Crippen molar-refractivity contribution >= 4 is 49.7 Å². The van der Waals surface area contributed by atoms with Crippen molar-refractivity contribution in [3.8, 4) is 5.75 Å². The Bertz CT molecular complexity index is 1070. The van der Waals surface area contributed by atoms with Gasteiger partial charge in [0.05, 0.1) is 4.90 Å². The molecule has 0 aliphatic heterocycles. The molecule has 2 aromatic carbocycles. The first-order chi connectivity index (χ1) is 13.9. The number of anilines is 2. The highest BCUT2D eigenvalue weighted by Gasteiger charge is 2.20. The Morgan fingerprint density at radius 2 is 2.00 bits per heavy atom. The van der Waals surface area contributed by atoms with Crippen molar-refractivity contribution in [1.82, 2.24) is 4.98 Å². The molecular weight excluding hydrogens is 434 g/mol. The number of thiazole rings is 1. The maximum absolute atomic E-state index is 12.5. The Morgan fingerprint density at radius 1 is 1.24 bits per heavy atom. The Morgan fingerprint density at radius 3 is 2.62 bits per heavy atom. The normalized spacial score (nSPS) is 12.2. The van der Waals surface area contributed by atoms with E-state index in [-0.39, 0.29) is 15.9 Å². The van der Waals surface area contributed by atoms with Crippen molar-refractivity contribution < 1.29 is 17.9 Å². The molecule has 0 aliphatic carbocycles. The molecule has 0 saturated heterocycles. The number of sulfonamides is 1. The fraction of sp³-hybridized carbons (Fsp3) is 0.158. The molecule has 1 amide bonds. The molecule has 29 heavy (non-hydrogen) atoms. The molecule has 0 saturated carbocycles. The second-order valence-electron chi connectivity index (χ2n) is 5.93. The Hall–Kier alpha value is -2.62. The number of halogens is 1. The summed E-state index contributed by atoms with van der Waals surface area (Å²) in [5.74, 6) is 0.151. The first-order valence-corrected chi connectivity index (χ1v) is 11.4. The fourth-order valence-corrected chi connectivity index (χ4v) is 4.38. The summed E-state index contributed by atoms with van der Waals surface area (Å²) in [5, 5.41) is 5.20. The van der Waals surface area contributed by atoms with E-state index in [9.17, 15) is 13.2 Å². The van der Waals surface area contributed by atoms with Gasteiger partial charge in [-0.1, -0.05) is 24.6 Å². The molecule has 0 spiro atoms. The number of carbonyl (C=O) groups is 1. The van der Waals surface area contributed by atoms with Crippen LogP contribution in [0.5, 0.6) is 5.75 Å².